The van der Waals surface area contributed by atoms with Crippen molar-refractivity contribution in [2.24, 2.45) is 0 Å². The van der Waals surface area contributed by atoms with Gasteiger partial charge in [0.25, 0.3) is 0 Å². The molecule has 162 valence electrons. The summed E-state index contributed by atoms with van der Waals surface area (Å²) in [6, 6.07) is 6.18. The van der Waals surface area contributed by atoms with Gasteiger partial charge in [-0.2, -0.15) is 5.26 Å². The Hall–Kier alpha value is -3.25. The second-order valence-electron chi connectivity index (χ2n) is 7.84. The molecule has 3 heterocycles. The third kappa shape index (κ3) is 3.91. The fraction of sp³-hybridized carbons (Fsp3) is 0.409. The number of carbonyl (C=O) groups is 1. The number of likely N-dealkylation sites (N-methyl/N-ethyl adjacent to an activating group) is 1. The fourth-order valence-corrected chi connectivity index (χ4v) is 4.24. The molecule has 0 N–H and O–H groups in total. The number of halogens is 2. The van der Waals surface area contributed by atoms with Gasteiger partial charge >= 0.3 is 0 Å². The van der Waals surface area contributed by atoms with Crippen LogP contribution in [0.1, 0.15) is 23.5 Å². The highest BCUT2D eigenvalue weighted by atomic mass is 19.1. The Bertz CT molecular complexity index is 1020. The van der Waals surface area contributed by atoms with Gasteiger partial charge in [0.1, 0.15) is 29.0 Å². The summed E-state index contributed by atoms with van der Waals surface area (Å²) >= 11 is 0. The molecule has 2 aromatic rings. The monoisotopic (exact) mass is 427 g/mol. The molecule has 2 aliphatic heterocycles. The Kier molecular flexibility index (Phi) is 5.74. The van der Waals surface area contributed by atoms with Crippen molar-refractivity contribution in [3.05, 3.63) is 47.2 Å². The summed E-state index contributed by atoms with van der Waals surface area (Å²) in [6.07, 6.45) is 1.50. The van der Waals surface area contributed by atoms with E-state index in [0.717, 1.165) is 44.0 Å². The minimum absolute atomic E-state index is 0.0485. The molecule has 0 radical (unpaired) electrons. The molecule has 0 bridgehead atoms. The van der Waals surface area contributed by atoms with E-state index < -0.39 is 17.6 Å². The summed E-state index contributed by atoms with van der Waals surface area (Å²) < 4.78 is 34.0. The molecular formula is C22H23F2N5O2. The average molecular weight is 427 g/mol. The van der Waals surface area contributed by atoms with Crippen molar-refractivity contribution < 1.29 is 18.3 Å². The summed E-state index contributed by atoms with van der Waals surface area (Å²) in [6.45, 7) is 3.29. The molecule has 2 fully saturated rings. The van der Waals surface area contributed by atoms with Crippen LogP contribution in [0.25, 0.3) is 0 Å². The van der Waals surface area contributed by atoms with Gasteiger partial charge in [-0.15, -0.1) is 0 Å². The van der Waals surface area contributed by atoms with Crippen LogP contribution in [0, 0.1) is 23.0 Å². The van der Waals surface area contributed by atoms with Crippen molar-refractivity contribution >= 4 is 17.4 Å². The molecule has 1 amide bonds. The summed E-state index contributed by atoms with van der Waals surface area (Å²) in [4.78, 5) is 22.8. The van der Waals surface area contributed by atoms with Gasteiger partial charge < -0.3 is 14.5 Å². The number of amides is 1. The Morgan fingerprint density at radius 2 is 1.87 bits per heavy atom. The van der Waals surface area contributed by atoms with Crippen LogP contribution < -0.4 is 14.5 Å². The molecule has 1 aromatic heterocycles. The molecule has 1 aromatic carbocycles. The van der Waals surface area contributed by atoms with Crippen LogP contribution in [0.5, 0.6) is 5.75 Å². The highest BCUT2D eigenvalue weighted by Crippen LogP contribution is 2.37. The minimum Gasteiger partial charge on any atom is -0.497 e. The number of carbonyl (C=O) groups excluding carboxylic acids is 1. The molecule has 0 spiro atoms. The number of ether oxygens (including phenoxy) is 1. The smallest absolute Gasteiger partial charge is 0.228 e. The minimum atomic E-state index is -0.754. The molecule has 9 heteroatoms. The van der Waals surface area contributed by atoms with Gasteiger partial charge in [0.05, 0.1) is 12.8 Å². The van der Waals surface area contributed by atoms with E-state index in [1.54, 1.807) is 12.3 Å². The maximum Gasteiger partial charge on any atom is 0.228 e. The van der Waals surface area contributed by atoms with Crippen LogP contribution in [0.4, 0.5) is 20.3 Å². The molecule has 31 heavy (non-hydrogen) atoms. The van der Waals surface area contributed by atoms with Gasteiger partial charge in [0.2, 0.25) is 5.91 Å². The normalized spacial score (nSPS) is 19.6. The first kappa shape index (κ1) is 21.0. The lowest BCUT2D eigenvalue weighted by atomic mass is 9.97. The lowest BCUT2D eigenvalue weighted by molar-refractivity contribution is -0.117. The van der Waals surface area contributed by atoms with Gasteiger partial charge in [0.15, 0.2) is 5.82 Å². The highest BCUT2D eigenvalue weighted by molar-refractivity contribution is 5.97. The zero-order valence-corrected chi connectivity index (χ0v) is 17.4. The van der Waals surface area contributed by atoms with Gasteiger partial charge in [0, 0.05) is 69.0 Å². The summed E-state index contributed by atoms with van der Waals surface area (Å²) in [5.74, 6) is -2.19. The van der Waals surface area contributed by atoms with Crippen LogP contribution in [0.2, 0.25) is 0 Å². The van der Waals surface area contributed by atoms with E-state index in [4.69, 9.17) is 4.74 Å². The van der Waals surface area contributed by atoms with Crippen molar-refractivity contribution in [1.82, 2.24) is 9.88 Å². The number of piperazine rings is 1. The van der Waals surface area contributed by atoms with E-state index >= 15 is 0 Å². The number of nitrogens with zero attached hydrogens (tertiary/aromatic N) is 5. The number of hydrogen-bond donors (Lipinski definition) is 0. The summed E-state index contributed by atoms with van der Waals surface area (Å²) in [5, 5.41) is 9.86. The third-order valence-corrected chi connectivity index (χ3v) is 5.94. The van der Waals surface area contributed by atoms with Crippen molar-refractivity contribution in [3.63, 3.8) is 0 Å². The van der Waals surface area contributed by atoms with Crippen molar-refractivity contribution in [1.29, 1.82) is 5.26 Å². The fourth-order valence-electron chi connectivity index (χ4n) is 4.24. The quantitative estimate of drug-likeness (QED) is 0.747. The standard InChI is InChI=1S/C22H23F2N5O2/c1-27-5-7-28(8-6-27)19-3-4-26-22(16(19)12-25)29-13-14(9-20(29)30)21-17(23)10-15(31-2)11-18(21)24/h3-4,10-11,14H,5-9,13H2,1-2H3. The zero-order chi connectivity index (χ0) is 22.1. The summed E-state index contributed by atoms with van der Waals surface area (Å²) in [7, 11) is 3.37. The largest absolute Gasteiger partial charge is 0.497 e. The van der Waals surface area contributed by atoms with Gasteiger partial charge in [-0.3, -0.25) is 9.69 Å². The van der Waals surface area contributed by atoms with Gasteiger partial charge in [-0.05, 0) is 13.1 Å². The van der Waals surface area contributed by atoms with Crippen LogP contribution in [-0.4, -0.2) is 62.7 Å². The van der Waals surface area contributed by atoms with Crippen LogP contribution in [-0.2, 0) is 4.79 Å². The van der Waals surface area contributed by atoms with E-state index in [1.165, 1.54) is 12.0 Å². The SMILES string of the molecule is COc1cc(F)c(C2CC(=O)N(c3nccc(N4CCN(C)CC4)c3C#N)C2)c(F)c1. The van der Waals surface area contributed by atoms with E-state index in [0.29, 0.717) is 5.56 Å². The average Bonchev–Trinajstić information content (AvgIpc) is 3.13. The molecule has 7 nitrogen and oxygen atoms in total. The first-order valence-corrected chi connectivity index (χ1v) is 10.1. The van der Waals surface area contributed by atoms with Crippen LogP contribution in [0.3, 0.4) is 0 Å². The Balaban J connectivity index is 1.65. The van der Waals surface area contributed by atoms with E-state index in [-0.39, 0.29) is 36.0 Å². The topological polar surface area (TPSA) is 72.7 Å². The number of aromatic nitrogens is 1. The third-order valence-electron chi connectivity index (χ3n) is 5.94. The summed E-state index contributed by atoms with van der Waals surface area (Å²) in [5.41, 5.74) is 0.876. The van der Waals surface area contributed by atoms with Gasteiger partial charge in [-0.1, -0.05) is 0 Å². The lowest BCUT2D eigenvalue weighted by Crippen LogP contribution is -2.45. The Morgan fingerprint density at radius 3 is 2.48 bits per heavy atom. The predicted molar refractivity (Wildman–Crippen MR) is 111 cm³/mol. The molecule has 2 aliphatic rings. The molecular weight excluding hydrogens is 404 g/mol. The Morgan fingerprint density at radius 1 is 1.19 bits per heavy atom. The van der Waals surface area contributed by atoms with E-state index in [1.807, 2.05) is 7.05 Å². The second kappa shape index (κ2) is 8.47. The maximum atomic E-state index is 14.6. The van der Waals surface area contributed by atoms with Crippen molar-refractivity contribution in [3.8, 4) is 11.8 Å². The first-order valence-electron chi connectivity index (χ1n) is 10.1. The highest BCUT2D eigenvalue weighted by Gasteiger charge is 2.37. The second-order valence-corrected chi connectivity index (χ2v) is 7.84. The van der Waals surface area contributed by atoms with Crippen LogP contribution in [0.15, 0.2) is 24.4 Å². The number of methoxy groups -OCH3 is 1. The van der Waals surface area contributed by atoms with Gasteiger partial charge in [-0.25, -0.2) is 13.8 Å². The van der Waals surface area contributed by atoms with Crippen LogP contribution >= 0.6 is 0 Å². The molecule has 1 unspecified atom stereocenters. The molecule has 2 saturated heterocycles. The number of hydrogen-bond acceptors (Lipinski definition) is 6. The number of nitriles is 1. The maximum absolute atomic E-state index is 14.6. The van der Waals surface area contributed by atoms with Crippen molar-refractivity contribution in [2.45, 2.75) is 12.3 Å². The predicted octanol–water partition coefficient (Wildman–Crippen LogP) is 2.51. The number of pyridine rings is 1. The molecule has 1 atom stereocenters. The molecule has 4 rings (SSSR count). The van der Waals surface area contributed by atoms with E-state index in [2.05, 4.69) is 20.9 Å². The lowest BCUT2D eigenvalue weighted by Gasteiger charge is -2.35. The first-order chi connectivity index (χ1) is 14.9. The molecule has 0 aliphatic carbocycles. The number of benzene rings is 1. The Labute approximate surface area is 179 Å². The number of anilines is 2. The molecule has 0 saturated carbocycles. The van der Waals surface area contributed by atoms with Crippen molar-refractivity contribution in [2.75, 3.05) is 56.7 Å². The van der Waals surface area contributed by atoms with E-state index in [9.17, 15) is 18.8 Å². The zero-order valence-electron chi connectivity index (χ0n) is 17.4. The number of rotatable bonds is 4.